The molecule has 3 rings (SSSR count). The van der Waals surface area contributed by atoms with Gasteiger partial charge in [-0.3, -0.25) is 4.79 Å². The Morgan fingerprint density at radius 1 is 1.47 bits per heavy atom. The van der Waals surface area contributed by atoms with Gasteiger partial charge in [-0.15, -0.1) is 0 Å². The van der Waals surface area contributed by atoms with Crippen molar-refractivity contribution >= 4 is 18.0 Å². The zero-order valence-corrected chi connectivity index (χ0v) is 10.6. The fraction of sp³-hybridized carbons (Fsp3) is 0.538. The zero-order valence-electron chi connectivity index (χ0n) is 10.6. The van der Waals surface area contributed by atoms with E-state index < -0.39 is 5.91 Å². The molecular formula is C13H16N4O2. The summed E-state index contributed by atoms with van der Waals surface area (Å²) in [4.78, 5) is 32.4. The Bertz CT molecular complexity index is 527. The normalized spacial score (nSPS) is 24.2. The molecule has 6 heteroatoms. The molecular weight excluding hydrogens is 244 g/mol. The monoisotopic (exact) mass is 260 g/mol. The topological polar surface area (TPSA) is 89.2 Å². The number of aldehydes is 1. The largest absolute Gasteiger partial charge is 0.364 e. The van der Waals surface area contributed by atoms with E-state index in [4.69, 9.17) is 5.73 Å². The van der Waals surface area contributed by atoms with Gasteiger partial charge in [0.25, 0.3) is 5.91 Å². The van der Waals surface area contributed by atoms with E-state index in [-0.39, 0.29) is 17.0 Å². The van der Waals surface area contributed by atoms with Crippen LogP contribution in [0.25, 0.3) is 0 Å². The van der Waals surface area contributed by atoms with E-state index in [0.717, 1.165) is 44.5 Å². The van der Waals surface area contributed by atoms with Gasteiger partial charge in [0, 0.05) is 25.1 Å². The van der Waals surface area contributed by atoms with Gasteiger partial charge in [-0.2, -0.15) is 0 Å². The summed E-state index contributed by atoms with van der Waals surface area (Å²) < 4.78 is 0. The Hall–Kier alpha value is -1.98. The van der Waals surface area contributed by atoms with Crippen molar-refractivity contribution in [2.45, 2.75) is 19.3 Å². The van der Waals surface area contributed by atoms with E-state index in [0.29, 0.717) is 0 Å². The Morgan fingerprint density at radius 2 is 2.26 bits per heavy atom. The minimum atomic E-state index is -0.549. The number of nitrogens with two attached hydrogens (primary N) is 1. The van der Waals surface area contributed by atoms with Crippen LogP contribution in [0.3, 0.4) is 0 Å². The highest BCUT2D eigenvalue weighted by molar-refractivity contribution is 5.91. The second-order valence-corrected chi connectivity index (χ2v) is 5.44. The quantitative estimate of drug-likeness (QED) is 0.794. The lowest BCUT2D eigenvalue weighted by atomic mass is 9.83. The van der Waals surface area contributed by atoms with Crippen molar-refractivity contribution in [1.29, 1.82) is 0 Å². The van der Waals surface area contributed by atoms with Gasteiger partial charge in [-0.1, -0.05) is 0 Å². The van der Waals surface area contributed by atoms with E-state index in [2.05, 4.69) is 14.9 Å². The van der Waals surface area contributed by atoms with Crippen LogP contribution in [-0.4, -0.2) is 35.3 Å². The summed E-state index contributed by atoms with van der Waals surface area (Å²) in [5.41, 5.74) is 5.59. The Balaban J connectivity index is 1.82. The molecule has 1 saturated heterocycles. The molecule has 2 heterocycles. The number of aromatic nitrogens is 2. The van der Waals surface area contributed by atoms with Crippen LogP contribution in [0.1, 0.15) is 29.8 Å². The second-order valence-electron chi connectivity index (χ2n) is 5.44. The maximum absolute atomic E-state index is 11.1. The predicted octanol–water partition coefficient (Wildman–Crippen LogP) is 0.381. The molecule has 19 heavy (non-hydrogen) atoms. The molecule has 1 spiro atoms. The number of hydrogen-bond acceptors (Lipinski definition) is 5. The molecule has 1 aromatic rings. The van der Waals surface area contributed by atoms with E-state index in [1.165, 1.54) is 6.33 Å². The number of hydrogen-bond donors (Lipinski definition) is 1. The van der Waals surface area contributed by atoms with Crippen molar-refractivity contribution in [2.75, 3.05) is 18.0 Å². The third-order valence-corrected chi connectivity index (χ3v) is 4.29. The van der Waals surface area contributed by atoms with Gasteiger partial charge in [-0.25, -0.2) is 9.97 Å². The lowest BCUT2D eigenvalue weighted by Gasteiger charge is -2.37. The van der Waals surface area contributed by atoms with Gasteiger partial charge in [0.2, 0.25) is 0 Å². The van der Waals surface area contributed by atoms with Crippen LogP contribution >= 0.6 is 0 Å². The molecule has 0 radical (unpaired) electrons. The minimum Gasteiger partial charge on any atom is -0.364 e. The van der Waals surface area contributed by atoms with Gasteiger partial charge < -0.3 is 15.4 Å². The number of rotatable bonds is 3. The van der Waals surface area contributed by atoms with Gasteiger partial charge in [-0.05, 0) is 24.7 Å². The Kier molecular flexibility index (Phi) is 2.73. The molecule has 1 aliphatic carbocycles. The molecule has 1 atom stereocenters. The van der Waals surface area contributed by atoms with Crippen LogP contribution in [0.15, 0.2) is 12.4 Å². The second kappa shape index (κ2) is 4.29. The number of nitrogens with zero attached hydrogens (tertiary/aromatic N) is 3. The Labute approximate surface area is 111 Å². The molecule has 1 amide bonds. The lowest BCUT2D eigenvalue weighted by Crippen LogP contribution is -2.43. The fourth-order valence-electron chi connectivity index (χ4n) is 2.93. The average Bonchev–Trinajstić information content (AvgIpc) is 3.19. The first-order chi connectivity index (χ1) is 9.14. The lowest BCUT2D eigenvalue weighted by molar-refractivity contribution is -0.113. The smallest absolute Gasteiger partial charge is 0.267 e. The van der Waals surface area contributed by atoms with Crippen molar-refractivity contribution in [3.63, 3.8) is 0 Å². The van der Waals surface area contributed by atoms with Crippen molar-refractivity contribution in [1.82, 2.24) is 9.97 Å². The highest BCUT2D eigenvalue weighted by Crippen LogP contribution is 2.55. The number of piperidine rings is 1. The van der Waals surface area contributed by atoms with Crippen LogP contribution in [0.5, 0.6) is 0 Å². The minimum absolute atomic E-state index is 0.137. The molecule has 100 valence electrons. The summed E-state index contributed by atoms with van der Waals surface area (Å²) >= 11 is 0. The summed E-state index contributed by atoms with van der Waals surface area (Å²) in [6.45, 7) is 1.60. The summed E-state index contributed by atoms with van der Waals surface area (Å²) in [6.07, 6.45) is 5.50. The predicted molar refractivity (Wildman–Crippen MR) is 68.6 cm³/mol. The van der Waals surface area contributed by atoms with Crippen molar-refractivity contribution < 1.29 is 9.59 Å². The third kappa shape index (κ3) is 2.07. The molecule has 0 aromatic carbocycles. The van der Waals surface area contributed by atoms with Crippen LogP contribution in [0.4, 0.5) is 5.82 Å². The van der Waals surface area contributed by atoms with Crippen molar-refractivity contribution in [3.8, 4) is 0 Å². The van der Waals surface area contributed by atoms with E-state index in [1.807, 2.05) is 0 Å². The van der Waals surface area contributed by atoms with Crippen LogP contribution < -0.4 is 10.6 Å². The molecule has 1 saturated carbocycles. The van der Waals surface area contributed by atoms with E-state index in [9.17, 15) is 9.59 Å². The molecule has 0 bridgehead atoms. The standard InChI is InChI=1S/C13H16N4O2/c14-12(19)10-5-11(16-8-15-10)17-4-1-9(6-18)13(7-17)2-3-13/h5-6,8-9H,1-4,7H2,(H2,14,19). The van der Waals surface area contributed by atoms with Gasteiger partial charge in [0.05, 0.1) is 0 Å². The fourth-order valence-corrected chi connectivity index (χ4v) is 2.93. The Morgan fingerprint density at radius 3 is 2.89 bits per heavy atom. The number of carbonyl (C=O) groups excluding carboxylic acids is 2. The van der Waals surface area contributed by atoms with E-state index >= 15 is 0 Å². The molecule has 1 unspecified atom stereocenters. The van der Waals surface area contributed by atoms with Gasteiger partial charge in [0.1, 0.15) is 24.1 Å². The first kappa shape index (κ1) is 12.1. The molecule has 2 fully saturated rings. The number of primary amides is 1. The number of carbonyl (C=O) groups is 2. The van der Waals surface area contributed by atoms with Crippen molar-refractivity contribution in [2.24, 2.45) is 17.1 Å². The average molecular weight is 260 g/mol. The number of anilines is 1. The van der Waals surface area contributed by atoms with Crippen LogP contribution in [0, 0.1) is 11.3 Å². The molecule has 2 aliphatic rings. The zero-order chi connectivity index (χ0) is 13.5. The molecule has 1 aromatic heterocycles. The highest BCUT2D eigenvalue weighted by atomic mass is 16.1. The molecule has 2 N–H and O–H groups in total. The van der Waals surface area contributed by atoms with Crippen LogP contribution in [-0.2, 0) is 4.79 Å². The maximum Gasteiger partial charge on any atom is 0.267 e. The van der Waals surface area contributed by atoms with Gasteiger partial charge >= 0.3 is 0 Å². The van der Waals surface area contributed by atoms with E-state index in [1.54, 1.807) is 6.07 Å². The first-order valence-electron chi connectivity index (χ1n) is 6.47. The van der Waals surface area contributed by atoms with Gasteiger partial charge in [0.15, 0.2) is 0 Å². The summed E-state index contributed by atoms with van der Waals surface area (Å²) in [7, 11) is 0. The maximum atomic E-state index is 11.1. The van der Waals surface area contributed by atoms with Crippen molar-refractivity contribution in [3.05, 3.63) is 18.1 Å². The number of amides is 1. The first-order valence-corrected chi connectivity index (χ1v) is 6.47. The SMILES string of the molecule is NC(=O)c1cc(N2CCC(C=O)C3(CC3)C2)ncn1. The summed E-state index contributed by atoms with van der Waals surface area (Å²) in [5, 5.41) is 0. The molecule has 6 nitrogen and oxygen atoms in total. The van der Waals surface area contributed by atoms with Crippen LogP contribution in [0.2, 0.25) is 0 Å². The molecule has 1 aliphatic heterocycles. The summed E-state index contributed by atoms with van der Waals surface area (Å²) in [6, 6.07) is 1.62. The third-order valence-electron chi connectivity index (χ3n) is 4.29. The summed E-state index contributed by atoms with van der Waals surface area (Å²) in [5.74, 6) is 0.341. The highest BCUT2D eigenvalue weighted by Gasteiger charge is 2.52.